The molecule has 2 N–H and O–H groups in total. The summed E-state index contributed by atoms with van der Waals surface area (Å²) in [6.45, 7) is 0. The standard InChI is InChI=1S/C16H10F9NO/c17-13(18)14(19,16(23,24)25)8-1-3-9(4-2-8)27-10-5-6-12(26)11(7-10)15(20,21)22/h1-7,13H,26H2. The van der Waals surface area contributed by atoms with Crippen molar-refractivity contribution in [2.75, 3.05) is 5.73 Å². The third-order valence-corrected chi connectivity index (χ3v) is 3.55. The molecule has 0 amide bonds. The Morgan fingerprint density at radius 3 is 1.74 bits per heavy atom. The van der Waals surface area contributed by atoms with Crippen LogP contribution in [-0.2, 0) is 11.8 Å². The Labute approximate surface area is 146 Å². The molecule has 148 valence electrons. The van der Waals surface area contributed by atoms with Gasteiger partial charge in [0.15, 0.2) is 0 Å². The van der Waals surface area contributed by atoms with Crippen molar-refractivity contribution in [2.24, 2.45) is 0 Å². The predicted octanol–water partition coefficient (Wildman–Crippen LogP) is 6.07. The summed E-state index contributed by atoms with van der Waals surface area (Å²) in [6.07, 6.45) is -15.0. The van der Waals surface area contributed by atoms with E-state index in [0.717, 1.165) is 24.3 Å². The van der Waals surface area contributed by atoms with Crippen molar-refractivity contribution in [3.63, 3.8) is 0 Å². The van der Waals surface area contributed by atoms with E-state index < -0.39 is 41.3 Å². The van der Waals surface area contributed by atoms with Gasteiger partial charge < -0.3 is 10.5 Å². The third-order valence-electron chi connectivity index (χ3n) is 3.55. The van der Waals surface area contributed by atoms with Crippen LogP contribution < -0.4 is 10.5 Å². The first-order chi connectivity index (χ1) is 12.3. The molecule has 0 spiro atoms. The van der Waals surface area contributed by atoms with Crippen LogP contribution in [0.25, 0.3) is 0 Å². The van der Waals surface area contributed by atoms with Gasteiger partial charge in [-0.25, -0.2) is 13.2 Å². The van der Waals surface area contributed by atoms with Crippen molar-refractivity contribution >= 4 is 5.69 Å². The summed E-state index contributed by atoms with van der Waals surface area (Å²) >= 11 is 0. The molecule has 0 aromatic heterocycles. The van der Waals surface area contributed by atoms with Crippen molar-refractivity contribution in [3.05, 3.63) is 53.6 Å². The summed E-state index contributed by atoms with van der Waals surface area (Å²) in [6, 6.07) is 4.79. The van der Waals surface area contributed by atoms with Gasteiger partial charge in [0.2, 0.25) is 0 Å². The number of ether oxygens (including phenoxy) is 1. The number of hydrogen-bond donors (Lipinski definition) is 1. The van der Waals surface area contributed by atoms with E-state index in [1.54, 1.807) is 0 Å². The number of nitrogens with two attached hydrogens (primary N) is 1. The summed E-state index contributed by atoms with van der Waals surface area (Å²) < 4.78 is 121. The average Bonchev–Trinajstić information content (AvgIpc) is 2.54. The number of halogens is 9. The quantitative estimate of drug-likeness (QED) is 0.497. The molecule has 0 saturated heterocycles. The minimum atomic E-state index is -5.87. The molecule has 0 aliphatic carbocycles. The molecule has 1 atom stereocenters. The number of hydrogen-bond acceptors (Lipinski definition) is 2. The van der Waals surface area contributed by atoms with E-state index >= 15 is 0 Å². The van der Waals surface area contributed by atoms with E-state index in [1.165, 1.54) is 0 Å². The maximum atomic E-state index is 13.9. The van der Waals surface area contributed by atoms with Crippen LogP contribution in [0.15, 0.2) is 42.5 Å². The van der Waals surface area contributed by atoms with Gasteiger partial charge in [0.05, 0.1) is 5.56 Å². The Morgan fingerprint density at radius 1 is 0.778 bits per heavy atom. The fraction of sp³-hybridized carbons (Fsp3) is 0.250. The number of benzene rings is 2. The van der Waals surface area contributed by atoms with E-state index in [2.05, 4.69) is 0 Å². The molecular weight excluding hydrogens is 393 g/mol. The second-order valence-corrected chi connectivity index (χ2v) is 5.38. The van der Waals surface area contributed by atoms with Gasteiger partial charge in [-0.05, 0) is 30.3 Å². The summed E-state index contributed by atoms with van der Waals surface area (Å²) in [4.78, 5) is 0. The van der Waals surface area contributed by atoms with Gasteiger partial charge in [-0.2, -0.15) is 26.3 Å². The SMILES string of the molecule is Nc1ccc(Oc2ccc(C(F)(C(F)F)C(F)(F)F)cc2)cc1C(F)(F)F. The van der Waals surface area contributed by atoms with Crippen LogP contribution in [0.4, 0.5) is 45.2 Å². The smallest absolute Gasteiger partial charge is 0.432 e. The van der Waals surface area contributed by atoms with E-state index in [0.29, 0.717) is 18.2 Å². The minimum absolute atomic E-state index is 0.296. The van der Waals surface area contributed by atoms with Crippen molar-refractivity contribution in [1.29, 1.82) is 0 Å². The van der Waals surface area contributed by atoms with E-state index in [9.17, 15) is 39.5 Å². The Kier molecular flexibility index (Phi) is 5.26. The summed E-state index contributed by atoms with van der Waals surface area (Å²) in [5.74, 6) is -0.657. The monoisotopic (exact) mass is 403 g/mol. The van der Waals surface area contributed by atoms with Gasteiger partial charge in [0, 0.05) is 11.3 Å². The largest absolute Gasteiger partial charge is 0.457 e. The van der Waals surface area contributed by atoms with E-state index in [1.807, 2.05) is 0 Å². The molecule has 0 radical (unpaired) electrons. The molecule has 1 unspecified atom stereocenters. The lowest BCUT2D eigenvalue weighted by atomic mass is 9.95. The normalized spacial score (nSPS) is 14.9. The first-order valence-electron chi connectivity index (χ1n) is 7.05. The molecule has 0 fully saturated rings. The van der Waals surface area contributed by atoms with Crippen LogP contribution >= 0.6 is 0 Å². The molecule has 0 bridgehead atoms. The van der Waals surface area contributed by atoms with Gasteiger partial charge in [0.25, 0.3) is 12.1 Å². The third kappa shape index (κ3) is 4.06. The van der Waals surface area contributed by atoms with Crippen LogP contribution in [0.3, 0.4) is 0 Å². The zero-order valence-electron chi connectivity index (χ0n) is 13.0. The highest BCUT2D eigenvalue weighted by Crippen LogP contribution is 2.47. The molecule has 2 nitrogen and oxygen atoms in total. The average molecular weight is 403 g/mol. The molecule has 0 saturated carbocycles. The molecule has 0 aliphatic rings. The Balaban J connectivity index is 2.32. The molecule has 11 heteroatoms. The minimum Gasteiger partial charge on any atom is -0.457 e. The van der Waals surface area contributed by atoms with Crippen LogP contribution in [0, 0.1) is 0 Å². The number of anilines is 1. The summed E-state index contributed by atoms with van der Waals surface area (Å²) in [5, 5.41) is 0. The number of rotatable bonds is 4. The van der Waals surface area contributed by atoms with E-state index in [-0.39, 0.29) is 11.5 Å². The summed E-state index contributed by atoms with van der Waals surface area (Å²) in [7, 11) is 0. The Hall–Kier alpha value is -2.59. The first-order valence-corrected chi connectivity index (χ1v) is 7.05. The second-order valence-electron chi connectivity index (χ2n) is 5.38. The molecule has 2 aromatic carbocycles. The van der Waals surface area contributed by atoms with E-state index in [4.69, 9.17) is 10.5 Å². The fourth-order valence-corrected chi connectivity index (χ4v) is 2.16. The first kappa shape index (κ1) is 20.7. The highest BCUT2D eigenvalue weighted by atomic mass is 19.4. The van der Waals surface area contributed by atoms with Crippen molar-refractivity contribution in [1.82, 2.24) is 0 Å². The Bertz CT molecular complexity index is 799. The molecule has 2 aromatic rings. The maximum Gasteiger partial charge on any atom is 0.432 e. The highest BCUT2D eigenvalue weighted by Gasteiger charge is 2.63. The molecule has 27 heavy (non-hydrogen) atoms. The zero-order valence-corrected chi connectivity index (χ0v) is 13.0. The Morgan fingerprint density at radius 2 is 1.30 bits per heavy atom. The van der Waals surface area contributed by atoms with Crippen LogP contribution in [0.5, 0.6) is 11.5 Å². The van der Waals surface area contributed by atoms with Gasteiger partial charge in [-0.1, -0.05) is 12.1 Å². The van der Waals surface area contributed by atoms with Crippen LogP contribution in [-0.4, -0.2) is 12.6 Å². The molecule has 2 rings (SSSR count). The topological polar surface area (TPSA) is 35.2 Å². The second kappa shape index (κ2) is 6.86. The molecule has 0 heterocycles. The predicted molar refractivity (Wildman–Crippen MR) is 77.2 cm³/mol. The molecular formula is C16H10F9NO. The lowest BCUT2D eigenvalue weighted by Gasteiger charge is -2.27. The zero-order chi connectivity index (χ0) is 20.6. The van der Waals surface area contributed by atoms with Crippen molar-refractivity contribution in [3.8, 4) is 11.5 Å². The van der Waals surface area contributed by atoms with Crippen molar-refractivity contribution in [2.45, 2.75) is 24.4 Å². The van der Waals surface area contributed by atoms with Crippen molar-refractivity contribution < 1.29 is 44.3 Å². The lowest BCUT2D eigenvalue weighted by molar-refractivity contribution is -0.274. The maximum absolute atomic E-state index is 13.9. The van der Waals surface area contributed by atoms with Gasteiger partial charge in [0.1, 0.15) is 11.5 Å². The highest BCUT2D eigenvalue weighted by molar-refractivity contribution is 5.52. The molecule has 0 aliphatic heterocycles. The fourth-order valence-electron chi connectivity index (χ4n) is 2.16. The number of nitrogen functional groups attached to an aromatic ring is 1. The lowest BCUT2D eigenvalue weighted by Crippen LogP contribution is -2.44. The van der Waals surface area contributed by atoms with Gasteiger partial charge >= 0.3 is 12.4 Å². The number of alkyl halides is 9. The van der Waals surface area contributed by atoms with Gasteiger partial charge in [-0.15, -0.1) is 0 Å². The van der Waals surface area contributed by atoms with Crippen LogP contribution in [0.2, 0.25) is 0 Å². The van der Waals surface area contributed by atoms with Gasteiger partial charge in [-0.3, -0.25) is 0 Å². The van der Waals surface area contributed by atoms with Crippen LogP contribution in [0.1, 0.15) is 11.1 Å². The summed E-state index contributed by atoms with van der Waals surface area (Å²) in [5.41, 5.74) is -2.83.